The highest BCUT2D eigenvalue weighted by atomic mass is 16.3. The van der Waals surface area contributed by atoms with Crippen LogP contribution in [0, 0.1) is 0 Å². The lowest BCUT2D eigenvalue weighted by Crippen LogP contribution is -2.14. The largest absolute Gasteiger partial charge is 0.465 e. The Labute approximate surface area is 123 Å². The summed E-state index contributed by atoms with van der Waals surface area (Å²) in [6.45, 7) is 3.52. The molecule has 0 spiro atoms. The van der Waals surface area contributed by atoms with Gasteiger partial charge in [-0.1, -0.05) is 13.0 Å². The van der Waals surface area contributed by atoms with Gasteiger partial charge in [0.05, 0.1) is 6.54 Å². The van der Waals surface area contributed by atoms with E-state index < -0.39 is 0 Å². The van der Waals surface area contributed by atoms with Crippen molar-refractivity contribution in [3.8, 4) is 5.82 Å². The normalized spacial score (nSPS) is 10.9. The summed E-state index contributed by atoms with van der Waals surface area (Å²) in [4.78, 5) is 8.49. The number of hydrogen-bond acceptors (Lipinski definition) is 4. The molecule has 3 heterocycles. The molecule has 3 aromatic rings. The van der Waals surface area contributed by atoms with Gasteiger partial charge in [-0.15, -0.1) is 0 Å². The third kappa shape index (κ3) is 3.20. The van der Waals surface area contributed by atoms with Crippen molar-refractivity contribution in [1.82, 2.24) is 19.9 Å². The lowest BCUT2D eigenvalue weighted by Gasteiger charge is -2.09. The second kappa shape index (κ2) is 6.37. The smallest absolute Gasteiger partial charge is 0.142 e. The molecule has 0 radical (unpaired) electrons. The molecule has 0 saturated heterocycles. The molecule has 1 N–H and O–H groups in total. The van der Waals surface area contributed by atoms with Crippen molar-refractivity contribution in [2.24, 2.45) is 0 Å². The van der Waals surface area contributed by atoms with Crippen LogP contribution >= 0.6 is 0 Å². The van der Waals surface area contributed by atoms with E-state index in [4.69, 9.17) is 4.42 Å². The molecule has 5 heteroatoms. The highest BCUT2D eigenvalue weighted by Crippen LogP contribution is 2.12. The minimum absolute atomic E-state index is 0.707. The summed E-state index contributed by atoms with van der Waals surface area (Å²) in [6, 6.07) is 8.05. The van der Waals surface area contributed by atoms with E-state index >= 15 is 0 Å². The van der Waals surface area contributed by atoms with Crippen molar-refractivity contribution in [3.05, 3.63) is 66.3 Å². The number of aromatic nitrogens is 3. The maximum Gasteiger partial charge on any atom is 0.142 e. The summed E-state index contributed by atoms with van der Waals surface area (Å²) >= 11 is 0. The summed E-state index contributed by atoms with van der Waals surface area (Å²) in [5.41, 5.74) is 1.12. The molecule has 0 aliphatic rings. The van der Waals surface area contributed by atoms with Crippen molar-refractivity contribution in [3.63, 3.8) is 0 Å². The van der Waals surface area contributed by atoms with Gasteiger partial charge in [-0.25, -0.2) is 9.97 Å². The molecule has 3 aromatic heterocycles. The quantitative estimate of drug-likeness (QED) is 0.755. The van der Waals surface area contributed by atoms with Crippen LogP contribution < -0.4 is 5.32 Å². The van der Waals surface area contributed by atoms with Gasteiger partial charge in [0.2, 0.25) is 0 Å². The molecule has 5 nitrogen and oxygen atoms in total. The zero-order chi connectivity index (χ0) is 14.5. The number of aryl methyl sites for hydroxylation is 1. The van der Waals surface area contributed by atoms with Crippen molar-refractivity contribution < 1.29 is 4.42 Å². The zero-order valence-corrected chi connectivity index (χ0v) is 12.0. The molecule has 21 heavy (non-hydrogen) atoms. The minimum Gasteiger partial charge on any atom is -0.465 e. The second-order valence-corrected chi connectivity index (χ2v) is 4.78. The molecule has 0 aromatic carbocycles. The Morgan fingerprint density at radius 3 is 2.81 bits per heavy atom. The maximum atomic E-state index is 5.68. The standard InChI is InChI=1S/C16H18N4O/c1-2-14-5-6-15(21-14)11-18-10-13-4-3-7-19-16(13)20-9-8-17-12-20/h3-9,12,18H,2,10-11H2,1H3. The van der Waals surface area contributed by atoms with Crippen molar-refractivity contribution in [2.45, 2.75) is 26.4 Å². The number of nitrogens with one attached hydrogen (secondary N) is 1. The topological polar surface area (TPSA) is 55.9 Å². The Balaban J connectivity index is 1.65. The predicted molar refractivity (Wildman–Crippen MR) is 80.0 cm³/mol. The fourth-order valence-electron chi connectivity index (χ4n) is 2.21. The first kappa shape index (κ1) is 13.6. The summed E-state index contributed by atoms with van der Waals surface area (Å²) < 4.78 is 7.60. The average molecular weight is 282 g/mol. The second-order valence-electron chi connectivity index (χ2n) is 4.78. The number of hydrogen-bond donors (Lipinski definition) is 1. The van der Waals surface area contributed by atoms with Crippen LogP contribution in [-0.4, -0.2) is 14.5 Å². The van der Waals surface area contributed by atoms with Crippen LogP contribution in [0.5, 0.6) is 0 Å². The Hall–Kier alpha value is -2.40. The Morgan fingerprint density at radius 2 is 2.05 bits per heavy atom. The van der Waals surface area contributed by atoms with Gasteiger partial charge in [0.15, 0.2) is 0 Å². The molecule has 0 bridgehead atoms. The number of rotatable bonds is 6. The first-order chi connectivity index (χ1) is 10.4. The average Bonchev–Trinajstić information content (AvgIpc) is 3.19. The molecule has 0 saturated carbocycles. The molecule has 0 atom stereocenters. The Bertz CT molecular complexity index is 688. The molecule has 108 valence electrons. The first-order valence-electron chi connectivity index (χ1n) is 7.07. The third-order valence-corrected chi connectivity index (χ3v) is 3.30. The zero-order valence-electron chi connectivity index (χ0n) is 12.0. The van der Waals surface area contributed by atoms with E-state index in [9.17, 15) is 0 Å². The van der Waals surface area contributed by atoms with Crippen LogP contribution in [0.2, 0.25) is 0 Å². The van der Waals surface area contributed by atoms with E-state index in [1.807, 2.05) is 29.0 Å². The van der Waals surface area contributed by atoms with E-state index in [0.717, 1.165) is 35.9 Å². The SMILES string of the molecule is CCc1ccc(CNCc2cccnc2-n2ccnc2)o1. The fourth-order valence-corrected chi connectivity index (χ4v) is 2.21. The van der Waals surface area contributed by atoms with Gasteiger partial charge in [-0.3, -0.25) is 4.57 Å². The van der Waals surface area contributed by atoms with E-state index in [-0.39, 0.29) is 0 Å². The van der Waals surface area contributed by atoms with Crippen molar-refractivity contribution in [1.29, 1.82) is 0 Å². The van der Waals surface area contributed by atoms with Crippen LogP contribution in [0.4, 0.5) is 0 Å². The molecular weight excluding hydrogens is 264 g/mol. The highest BCUT2D eigenvalue weighted by Gasteiger charge is 2.06. The van der Waals surface area contributed by atoms with E-state index in [0.29, 0.717) is 6.54 Å². The molecule has 0 aliphatic heterocycles. The summed E-state index contributed by atoms with van der Waals surface area (Å²) in [6.07, 6.45) is 8.12. The Morgan fingerprint density at radius 1 is 1.14 bits per heavy atom. The minimum atomic E-state index is 0.707. The maximum absolute atomic E-state index is 5.68. The van der Waals surface area contributed by atoms with Gasteiger partial charge < -0.3 is 9.73 Å². The number of imidazole rings is 1. The number of nitrogens with zero attached hydrogens (tertiary/aromatic N) is 3. The van der Waals surface area contributed by atoms with E-state index in [1.54, 1.807) is 18.7 Å². The van der Waals surface area contributed by atoms with Gasteiger partial charge in [-0.2, -0.15) is 0 Å². The van der Waals surface area contributed by atoms with Crippen LogP contribution in [0.1, 0.15) is 24.0 Å². The van der Waals surface area contributed by atoms with Crippen LogP contribution in [0.15, 0.2) is 53.6 Å². The molecule has 0 aliphatic carbocycles. The van der Waals surface area contributed by atoms with E-state index in [1.165, 1.54) is 0 Å². The summed E-state index contributed by atoms with van der Waals surface area (Å²) in [7, 11) is 0. The van der Waals surface area contributed by atoms with Gasteiger partial charge in [0, 0.05) is 37.1 Å². The van der Waals surface area contributed by atoms with Gasteiger partial charge in [-0.05, 0) is 18.2 Å². The predicted octanol–water partition coefficient (Wildman–Crippen LogP) is 2.71. The molecule has 0 amide bonds. The van der Waals surface area contributed by atoms with Crippen molar-refractivity contribution >= 4 is 0 Å². The number of furan rings is 1. The monoisotopic (exact) mass is 282 g/mol. The Kier molecular flexibility index (Phi) is 4.12. The first-order valence-corrected chi connectivity index (χ1v) is 7.07. The van der Waals surface area contributed by atoms with Crippen LogP contribution in [0.3, 0.4) is 0 Å². The lowest BCUT2D eigenvalue weighted by atomic mass is 10.2. The summed E-state index contributed by atoms with van der Waals surface area (Å²) in [5.74, 6) is 2.88. The van der Waals surface area contributed by atoms with Crippen LogP contribution in [0.25, 0.3) is 5.82 Å². The molecular formula is C16H18N4O. The van der Waals surface area contributed by atoms with Crippen molar-refractivity contribution in [2.75, 3.05) is 0 Å². The van der Waals surface area contributed by atoms with Gasteiger partial charge in [0.1, 0.15) is 23.7 Å². The molecule has 3 rings (SSSR count). The van der Waals surface area contributed by atoms with Gasteiger partial charge in [0.25, 0.3) is 0 Å². The third-order valence-electron chi connectivity index (χ3n) is 3.30. The lowest BCUT2D eigenvalue weighted by molar-refractivity contribution is 0.450. The highest BCUT2D eigenvalue weighted by molar-refractivity contribution is 5.33. The fraction of sp³-hybridized carbons (Fsp3) is 0.250. The van der Waals surface area contributed by atoms with Gasteiger partial charge >= 0.3 is 0 Å². The molecule has 0 unspecified atom stereocenters. The summed E-state index contributed by atoms with van der Waals surface area (Å²) in [5, 5.41) is 3.39. The molecule has 0 fully saturated rings. The number of pyridine rings is 1. The van der Waals surface area contributed by atoms with Crippen LogP contribution in [-0.2, 0) is 19.5 Å². The van der Waals surface area contributed by atoms with E-state index in [2.05, 4.69) is 28.3 Å².